The van der Waals surface area contributed by atoms with Gasteiger partial charge in [-0.25, -0.2) is 0 Å². The molecule has 156 valence electrons. The highest BCUT2D eigenvalue weighted by Gasteiger charge is 2.33. The maximum absolute atomic E-state index is 12.9. The van der Waals surface area contributed by atoms with Crippen LogP contribution in [0.25, 0.3) is 0 Å². The molecular formula is C20H26N4O5. The molecule has 1 saturated carbocycles. The van der Waals surface area contributed by atoms with Crippen molar-refractivity contribution in [1.82, 2.24) is 20.0 Å². The number of pyridine rings is 1. The molecule has 1 amide bonds. The Morgan fingerprint density at radius 2 is 2.07 bits per heavy atom. The number of hydrogen-bond donors (Lipinski definition) is 0. The summed E-state index contributed by atoms with van der Waals surface area (Å²) in [5, 5.41) is 4.05. The third-order valence-electron chi connectivity index (χ3n) is 5.30. The molecule has 1 atom stereocenters. The minimum absolute atomic E-state index is 0.0322. The molecule has 2 aliphatic rings. The largest absolute Gasteiger partial charge is 0.481 e. The van der Waals surface area contributed by atoms with Gasteiger partial charge in [0, 0.05) is 32.2 Å². The van der Waals surface area contributed by atoms with E-state index in [1.54, 1.807) is 17.0 Å². The number of rotatable bonds is 9. The smallest absolute Gasteiger partial charge is 0.259 e. The van der Waals surface area contributed by atoms with Crippen molar-refractivity contribution in [3.8, 4) is 11.8 Å². The summed E-state index contributed by atoms with van der Waals surface area (Å²) >= 11 is 0. The van der Waals surface area contributed by atoms with Crippen molar-refractivity contribution in [3.63, 3.8) is 0 Å². The summed E-state index contributed by atoms with van der Waals surface area (Å²) in [6.45, 7) is 2.57. The average Bonchev–Trinajstić information content (AvgIpc) is 3.24. The van der Waals surface area contributed by atoms with Crippen molar-refractivity contribution in [3.05, 3.63) is 29.4 Å². The van der Waals surface area contributed by atoms with Crippen LogP contribution in [-0.4, -0.2) is 66.5 Å². The van der Waals surface area contributed by atoms with Crippen molar-refractivity contribution in [2.45, 2.75) is 31.6 Å². The number of nitrogens with zero attached hydrogens (tertiary/aromatic N) is 4. The molecule has 0 N–H and O–H groups in total. The molecule has 9 heteroatoms. The Morgan fingerprint density at radius 3 is 2.83 bits per heavy atom. The molecule has 3 heterocycles. The number of aromatic nitrogens is 3. The predicted molar refractivity (Wildman–Crippen MR) is 102 cm³/mol. The molecule has 2 aromatic heterocycles. The molecule has 1 aliphatic heterocycles. The highest BCUT2D eigenvalue weighted by Crippen LogP contribution is 2.30. The minimum atomic E-state index is -0.132. The van der Waals surface area contributed by atoms with Crippen LogP contribution >= 0.6 is 0 Å². The summed E-state index contributed by atoms with van der Waals surface area (Å²) in [6.07, 6.45) is 3.97. The van der Waals surface area contributed by atoms with Gasteiger partial charge in [0.15, 0.2) is 5.82 Å². The van der Waals surface area contributed by atoms with Crippen LogP contribution in [0.1, 0.15) is 47.3 Å². The van der Waals surface area contributed by atoms with Crippen molar-refractivity contribution in [2.24, 2.45) is 5.92 Å². The summed E-state index contributed by atoms with van der Waals surface area (Å²) < 4.78 is 21.4. The Hall–Kier alpha value is -2.68. The van der Waals surface area contributed by atoms with E-state index in [4.69, 9.17) is 18.7 Å². The number of carbonyl (C=O) groups excluding carboxylic acids is 1. The molecule has 0 spiro atoms. The van der Waals surface area contributed by atoms with E-state index < -0.39 is 0 Å². The van der Waals surface area contributed by atoms with Gasteiger partial charge in [-0.1, -0.05) is 5.16 Å². The van der Waals surface area contributed by atoms with Crippen molar-refractivity contribution in [2.75, 3.05) is 40.5 Å². The highest BCUT2D eigenvalue weighted by atomic mass is 16.5. The maximum atomic E-state index is 12.9. The first kappa shape index (κ1) is 19.6. The van der Waals surface area contributed by atoms with Crippen LogP contribution in [0.4, 0.5) is 0 Å². The number of methoxy groups -OCH3 is 2. The monoisotopic (exact) mass is 402 g/mol. The lowest BCUT2D eigenvalue weighted by atomic mass is 10.1. The third-order valence-corrected chi connectivity index (χ3v) is 5.30. The summed E-state index contributed by atoms with van der Waals surface area (Å²) in [5.74, 6) is 2.54. The number of carbonyl (C=O) groups is 1. The van der Waals surface area contributed by atoms with E-state index >= 15 is 0 Å². The van der Waals surface area contributed by atoms with Crippen LogP contribution in [0.5, 0.6) is 11.8 Å². The van der Waals surface area contributed by atoms with Gasteiger partial charge in [0.25, 0.3) is 5.91 Å². The van der Waals surface area contributed by atoms with E-state index in [1.807, 2.05) is 0 Å². The lowest BCUT2D eigenvalue weighted by Gasteiger charge is -2.17. The van der Waals surface area contributed by atoms with Crippen LogP contribution in [-0.2, 0) is 11.2 Å². The maximum Gasteiger partial charge on any atom is 0.259 e. The fourth-order valence-electron chi connectivity index (χ4n) is 3.41. The average molecular weight is 402 g/mol. The van der Waals surface area contributed by atoms with Crippen molar-refractivity contribution >= 4 is 5.91 Å². The molecule has 4 rings (SSSR count). The van der Waals surface area contributed by atoms with E-state index in [-0.39, 0.29) is 17.7 Å². The molecule has 2 fully saturated rings. The molecule has 0 bridgehead atoms. The van der Waals surface area contributed by atoms with E-state index in [0.29, 0.717) is 49.3 Å². The molecular weight excluding hydrogens is 376 g/mol. The second kappa shape index (κ2) is 8.77. The van der Waals surface area contributed by atoms with Crippen molar-refractivity contribution < 1.29 is 23.5 Å². The van der Waals surface area contributed by atoms with Crippen molar-refractivity contribution in [1.29, 1.82) is 0 Å². The standard InChI is InChI=1S/C20H26N4O5/c1-26-17-6-5-15(19(22-17)27-2)20(25)24-9-7-14(11-24)18-21-16(23-29-18)8-10-28-12-13-3-4-13/h5-6,13-14H,3-4,7-12H2,1-2H3. The number of likely N-dealkylation sites (tertiary alicyclic amines) is 1. The zero-order valence-electron chi connectivity index (χ0n) is 16.8. The minimum Gasteiger partial charge on any atom is -0.481 e. The third kappa shape index (κ3) is 4.67. The van der Waals surface area contributed by atoms with Crippen LogP contribution in [0, 0.1) is 5.92 Å². The van der Waals surface area contributed by atoms with Crippen LogP contribution < -0.4 is 9.47 Å². The zero-order valence-corrected chi connectivity index (χ0v) is 16.8. The molecule has 2 aromatic rings. The molecule has 29 heavy (non-hydrogen) atoms. The lowest BCUT2D eigenvalue weighted by molar-refractivity contribution is 0.0785. The molecule has 0 radical (unpaired) electrons. The van der Waals surface area contributed by atoms with Crippen LogP contribution in [0.15, 0.2) is 16.7 Å². The molecule has 1 unspecified atom stereocenters. The Morgan fingerprint density at radius 1 is 1.21 bits per heavy atom. The van der Waals surface area contributed by atoms with Crippen LogP contribution in [0.2, 0.25) is 0 Å². The Balaban J connectivity index is 1.33. The van der Waals surface area contributed by atoms with Gasteiger partial charge < -0.3 is 23.6 Å². The number of amides is 1. The molecule has 1 aliphatic carbocycles. The van der Waals surface area contributed by atoms with Gasteiger partial charge in [-0.2, -0.15) is 9.97 Å². The topological polar surface area (TPSA) is 99.8 Å². The van der Waals surface area contributed by atoms with Gasteiger partial charge in [0.05, 0.1) is 26.7 Å². The first-order valence-corrected chi connectivity index (χ1v) is 9.96. The summed E-state index contributed by atoms with van der Waals surface area (Å²) in [6, 6.07) is 3.33. The first-order chi connectivity index (χ1) is 14.2. The number of ether oxygens (including phenoxy) is 3. The Bertz CT molecular complexity index is 851. The Kier molecular flexibility index (Phi) is 5.94. The quantitative estimate of drug-likeness (QED) is 0.588. The number of hydrogen-bond acceptors (Lipinski definition) is 8. The van der Waals surface area contributed by atoms with E-state index in [9.17, 15) is 4.79 Å². The lowest BCUT2D eigenvalue weighted by Crippen LogP contribution is -2.29. The van der Waals surface area contributed by atoms with Gasteiger partial charge in [-0.05, 0) is 31.2 Å². The fourth-order valence-corrected chi connectivity index (χ4v) is 3.41. The van der Waals surface area contributed by atoms with Gasteiger partial charge in [0.1, 0.15) is 5.56 Å². The summed E-state index contributed by atoms with van der Waals surface area (Å²) in [7, 11) is 3.01. The second-order valence-electron chi connectivity index (χ2n) is 7.46. The SMILES string of the molecule is COc1ccc(C(=O)N2CCC(c3nc(CCOCC4CC4)no3)C2)c(OC)n1. The van der Waals surface area contributed by atoms with Crippen LogP contribution in [0.3, 0.4) is 0 Å². The molecule has 1 saturated heterocycles. The molecule has 0 aromatic carbocycles. The van der Waals surface area contributed by atoms with E-state index in [2.05, 4.69) is 15.1 Å². The van der Waals surface area contributed by atoms with E-state index in [0.717, 1.165) is 18.9 Å². The summed E-state index contributed by atoms with van der Waals surface area (Å²) in [5.41, 5.74) is 0.410. The van der Waals surface area contributed by atoms with Gasteiger partial charge in [-0.15, -0.1) is 0 Å². The van der Waals surface area contributed by atoms with E-state index in [1.165, 1.54) is 27.1 Å². The molecule has 9 nitrogen and oxygen atoms in total. The van der Waals surface area contributed by atoms with Gasteiger partial charge in [-0.3, -0.25) is 4.79 Å². The Labute approximate surface area is 169 Å². The summed E-state index contributed by atoms with van der Waals surface area (Å²) in [4.78, 5) is 23.4. The highest BCUT2D eigenvalue weighted by molar-refractivity contribution is 5.96. The van der Waals surface area contributed by atoms with Gasteiger partial charge in [0.2, 0.25) is 17.7 Å². The second-order valence-corrected chi connectivity index (χ2v) is 7.46. The normalized spacial score (nSPS) is 18.8. The fraction of sp³-hybridized carbons (Fsp3) is 0.600. The predicted octanol–water partition coefficient (Wildman–Crippen LogP) is 2.08. The first-order valence-electron chi connectivity index (χ1n) is 9.96. The van der Waals surface area contributed by atoms with Gasteiger partial charge >= 0.3 is 0 Å². The zero-order chi connectivity index (χ0) is 20.2.